The van der Waals surface area contributed by atoms with Crippen LogP contribution in [0.1, 0.15) is 23.9 Å². The van der Waals surface area contributed by atoms with Gasteiger partial charge in [-0.05, 0) is 43.3 Å². The monoisotopic (exact) mass is 411 g/mol. The summed E-state index contributed by atoms with van der Waals surface area (Å²) in [7, 11) is 1.99. The van der Waals surface area contributed by atoms with Gasteiger partial charge in [-0.3, -0.25) is 4.90 Å². The molecule has 29 heavy (non-hydrogen) atoms. The third-order valence-corrected chi connectivity index (χ3v) is 5.26. The number of likely N-dealkylation sites (tertiary alicyclic amines) is 1. The second-order valence-electron chi connectivity index (χ2n) is 7.16. The third kappa shape index (κ3) is 4.75. The van der Waals surface area contributed by atoms with Gasteiger partial charge in [-0.2, -0.15) is 4.98 Å². The summed E-state index contributed by atoms with van der Waals surface area (Å²) in [6.07, 6.45) is 0.706. The Labute approximate surface area is 174 Å². The molecule has 2 amide bonds. The first kappa shape index (κ1) is 19.4. The third-order valence-electron chi connectivity index (χ3n) is 5.01. The van der Waals surface area contributed by atoms with Crippen molar-refractivity contribution in [2.45, 2.75) is 25.0 Å². The molecule has 2 aromatic carbocycles. The molecule has 0 aliphatic carbocycles. The fourth-order valence-corrected chi connectivity index (χ4v) is 3.62. The van der Waals surface area contributed by atoms with E-state index in [2.05, 4.69) is 25.7 Å². The predicted octanol–water partition coefficient (Wildman–Crippen LogP) is 3.63. The lowest BCUT2D eigenvalue weighted by Crippen LogP contribution is -2.42. The molecule has 4 rings (SSSR count). The number of urea groups is 1. The van der Waals surface area contributed by atoms with E-state index in [-0.39, 0.29) is 18.1 Å². The number of nitrogens with one attached hydrogen (secondary N) is 2. The van der Waals surface area contributed by atoms with E-state index in [1.54, 1.807) is 12.1 Å². The van der Waals surface area contributed by atoms with Gasteiger partial charge >= 0.3 is 6.03 Å². The number of hydrogen-bond acceptors (Lipinski definition) is 5. The average molecular weight is 412 g/mol. The molecule has 2 atom stereocenters. The lowest BCUT2D eigenvalue weighted by molar-refractivity contribution is 0.236. The quantitative estimate of drug-likeness (QED) is 0.669. The topological polar surface area (TPSA) is 83.3 Å². The predicted molar refractivity (Wildman–Crippen MR) is 110 cm³/mol. The van der Waals surface area contributed by atoms with Crippen LogP contribution in [-0.4, -0.2) is 40.7 Å². The Morgan fingerprint density at radius 3 is 2.72 bits per heavy atom. The summed E-state index contributed by atoms with van der Waals surface area (Å²) in [5.41, 5.74) is 1.91. The van der Waals surface area contributed by atoms with Crippen molar-refractivity contribution in [3.8, 4) is 11.4 Å². The molecule has 3 aromatic rings. The SMILES string of the molecule is CN1C[C@@H](NC(=O)NCc2ccccc2)C[C@H]1c1nc(-c2ccc(Cl)cc2)no1. The molecule has 1 aliphatic heterocycles. The highest BCUT2D eigenvalue weighted by Gasteiger charge is 2.35. The Morgan fingerprint density at radius 2 is 1.97 bits per heavy atom. The van der Waals surface area contributed by atoms with Crippen molar-refractivity contribution in [1.82, 2.24) is 25.7 Å². The molecule has 1 saturated heterocycles. The van der Waals surface area contributed by atoms with Gasteiger partial charge in [0.15, 0.2) is 0 Å². The van der Waals surface area contributed by atoms with E-state index in [1.807, 2.05) is 49.5 Å². The molecule has 2 N–H and O–H groups in total. The van der Waals surface area contributed by atoms with Gasteiger partial charge in [-0.15, -0.1) is 0 Å². The minimum absolute atomic E-state index is 0.00616. The van der Waals surface area contributed by atoms with E-state index in [0.717, 1.165) is 11.1 Å². The van der Waals surface area contributed by atoms with Crippen LogP contribution in [0.15, 0.2) is 59.1 Å². The van der Waals surface area contributed by atoms with Gasteiger partial charge in [0.05, 0.1) is 6.04 Å². The summed E-state index contributed by atoms with van der Waals surface area (Å²) >= 11 is 5.93. The number of aromatic nitrogens is 2. The zero-order chi connectivity index (χ0) is 20.2. The second-order valence-corrected chi connectivity index (χ2v) is 7.60. The summed E-state index contributed by atoms with van der Waals surface area (Å²) in [6, 6.07) is 16.9. The first-order chi connectivity index (χ1) is 14.1. The average Bonchev–Trinajstić information content (AvgIpc) is 3.34. The van der Waals surface area contributed by atoms with Gasteiger partial charge in [-0.25, -0.2) is 4.79 Å². The first-order valence-electron chi connectivity index (χ1n) is 9.46. The number of carbonyl (C=O) groups is 1. The van der Waals surface area contributed by atoms with Crippen molar-refractivity contribution < 1.29 is 9.32 Å². The molecule has 0 spiro atoms. The van der Waals surface area contributed by atoms with Crippen molar-refractivity contribution >= 4 is 17.6 Å². The van der Waals surface area contributed by atoms with Gasteiger partial charge < -0.3 is 15.2 Å². The second kappa shape index (κ2) is 8.63. The molecule has 0 saturated carbocycles. The van der Waals surface area contributed by atoms with Crippen molar-refractivity contribution in [1.29, 1.82) is 0 Å². The largest absolute Gasteiger partial charge is 0.337 e. The van der Waals surface area contributed by atoms with E-state index in [4.69, 9.17) is 16.1 Å². The fraction of sp³-hybridized carbons (Fsp3) is 0.286. The van der Waals surface area contributed by atoms with Crippen LogP contribution < -0.4 is 10.6 Å². The Bertz CT molecular complexity index is 961. The van der Waals surface area contributed by atoms with Crippen LogP contribution in [0.5, 0.6) is 0 Å². The molecule has 1 aromatic heterocycles. The van der Waals surface area contributed by atoms with Crippen molar-refractivity contribution in [3.63, 3.8) is 0 Å². The van der Waals surface area contributed by atoms with Crippen molar-refractivity contribution in [2.75, 3.05) is 13.6 Å². The molecule has 1 aliphatic rings. The molecule has 0 unspecified atom stereocenters. The van der Waals surface area contributed by atoms with E-state index < -0.39 is 0 Å². The lowest BCUT2D eigenvalue weighted by Gasteiger charge is -2.14. The maximum absolute atomic E-state index is 12.2. The molecule has 0 bridgehead atoms. The molecular formula is C21H22ClN5O2. The smallest absolute Gasteiger partial charge is 0.315 e. The Hall–Kier alpha value is -2.90. The van der Waals surface area contributed by atoms with E-state index >= 15 is 0 Å². The number of hydrogen-bond donors (Lipinski definition) is 2. The summed E-state index contributed by atoms with van der Waals surface area (Å²) in [6.45, 7) is 1.20. The maximum Gasteiger partial charge on any atom is 0.315 e. The molecule has 8 heteroatoms. The molecular weight excluding hydrogens is 390 g/mol. The minimum Gasteiger partial charge on any atom is -0.337 e. The molecule has 7 nitrogen and oxygen atoms in total. The van der Waals surface area contributed by atoms with E-state index in [0.29, 0.717) is 36.2 Å². The van der Waals surface area contributed by atoms with Crippen LogP contribution in [-0.2, 0) is 6.54 Å². The highest BCUT2D eigenvalue weighted by atomic mass is 35.5. The number of rotatable bonds is 5. The van der Waals surface area contributed by atoms with Crippen LogP contribution in [0.2, 0.25) is 5.02 Å². The minimum atomic E-state index is -0.180. The van der Waals surface area contributed by atoms with Gasteiger partial charge in [0, 0.05) is 29.7 Å². The Kier molecular flexibility index (Phi) is 5.78. The highest BCUT2D eigenvalue weighted by molar-refractivity contribution is 6.30. The first-order valence-corrected chi connectivity index (χ1v) is 9.84. The number of likely N-dealkylation sites (N-methyl/N-ethyl adjacent to an activating group) is 1. The van der Waals surface area contributed by atoms with Gasteiger partial charge in [0.25, 0.3) is 0 Å². The number of halogens is 1. The summed E-state index contributed by atoms with van der Waals surface area (Å²) < 4.78 is 5.50. The molecule has 150 valence electrons. The summed E-state index contributed by atoms with van der Waals surface area (Å²) in [5.74, 6) is 1.08. The van der Waals surface area contributed by atoms with Crippen molar-refractivity contribution in [3.05, 3.63) is 71.1 Å². The summed E-state index contributed by atoms with van der Waals surface area (Å²) in [4.78, 5) is 18.9. The van der Waals surface area contributed by atoms with Crippen LogP contribution in [0.4, 0.5) is 4.79 Å². The number of carbonyl (C=O) groups excluding carboxylic acids is 1. The zero-order valence-corrected chi connectivity index (χ0v) is 16.8. The maximum atomic E-state index is 12.2. The highest BCUT2D eigenvalue weighted by Crippen LogP contribution is 2.31. The van der Waals surface area contributed by atoms with Crippen LogP contribution >= 0.6 is 11.6 Å². The number of amides is 2. The fourth-order valence-electron chi connectivity index (χ4n) is 3.49. The normalized spacial score (nSPS) is 19.2. The number of nitrogens with zero attached hydrogens (tertiary/aromatic N) is 3. The van der Waals surface area contributed by atoms with Crippen LogP contribution in [0.3, 0.4) is 0 Å². The number of benzene rings is 2. The van der Waals surface area contributed by atoms with Crippen LogP contribution in [0.25, 0.3) is 11.4 Å². The summed E-state index contributed by atoms with van der Waals surface area (Å²) in [5, 5.41) is 10.7. The van der Waals surface area contributed by atoms with Crippen molar-refractivity contribution in [2.24, 2.45) is 0 Å². The van der Waals surface area contributed by atoms with Gasteiger partial charge in [0.1, 0.15) is 0 Å². The molecule has 0 radical (unpaired) electrons. The Morgan fingerprint density at radius 1 is 1.21 bits per heavy atom. The standard InChI is InChI=1S/C21H22ClN5O2/c1-27-13-17(24-21(28)23-12-14-5-3-2-4-6-14)11-18(27)20-25-19(26-29-20)15-7-9-16(22)10-8-15/h2-10,17-18H,11-13H2,1H3,(H2,23,24,28)/t17-,18-/m0/s1. The molecule has 1 fully saturated rings. The lowest BCUT2D eigenvalue weighted by atomic mass is 10.1. The Balaban J connectivity index is 1.34. The van der Waals surface area contributed by atoms with Crippen LogP contribution in [0, 0.1) is 0 Å². The zero-order valence-electron chi connectivity index (χ0n) is 16.0. The van der Waals surface area contributed by atoms with E-state index in [1.165, 1.54) is 0 Å². The van der Waals surface area contributed by atoms with Gasteiger partial charge in [0.2, 0.25) is 11.7 Å². The van der Waals surface area contributed by atoms with Gasteiger partial charge in [-0.1, -0.05) is 47.1 Å². The molecule has 2 heterocycles. The van der Waals surface area contributed by atoms with E-state index in [9.17, 15) is 4.79 Å².